The number of carbonyl (C=O) groups excluding carboxylic acids is 1. The Balaban J connectivity index is 1.58. The van der Waals surface area contributed by atoms with E-state index in [2.05, 4.69) is 0 Å². The summed E-state index contributed by atoms with van der Waals surface area (Å²) in [7, 11) is 0. The molecule has 0 saturated carbocycles. The first-order valence-corrected chi connectivity index (χ1v) is 11.9. The summed E-state index contributed by atoms with van der Waals surface area (Å²) in [6, 6.07) is 22.0. The van der Waals surface area contributed by atoms with Gasteiger partial charge in [0, 0.05) is 6.54 Å². The Labute approximate surface area is 203 Å². The SMILES string of the molecule is CCCN1C(=O)c2oc3ccccc3c(=O)c2[C@@H]1c1ccc(OCc2ccccc2)c(OCC)c1. The zero-order valence-corrected chi connectivity index (χ0v) is 19.8. The second-order valence-electron chi connectivity index (χ2n) is 8.48. The third kappa shape index (κ3) is 4.16. The normalized spacial score (nSPS) is 14.9. The van der Waals surface area contributed by atoms with Crippen LogP contribution in [0.4, 0.5) is 0 Å². The number of rotatable bonds is 8. The Morgan fingerprint density at radius 3 is 2.43 bits per heavy atom. The van der Waals surface area contributed by atoms with Gasteiger partial charge in [-0.25, -0.2) is 0 Å². The van der Waals surface area contributed by atoms with Crippen LogP contribution in [0.2, 0.25) is 0 Å². The molecule has 0 fully saturated rings. The zero-order valence-electron chi connectivity index (χ0n) is 19.8. The van der Waals surface area contributed by atoms with Crippen molar-refractivity contribution < 1.29 is 18.7 Å². The standard InChI is InChI=1S/C29H27NO5/c1-3-16-30-26(25-27(31)21-12-8-9-13-22(21)35-28(25)29(30)32)20-14-15-23(24(17-20)33-4-2)34-18-19-10-6-5-7-11-19/h5-15,17,26H,3-4,16,18H2,1-2H3/t26-/m0/s1. The predicted molar refractivity (Wildman–Crippen MR) is 134 cm³/mol. The number of hydrogen-bond donors (Lipinski definition) is 0. The van der Waals surface area contributed by atoms with E-state index in [9.17, 15) is 9.59 Å². The molecule has 2 heterocycles. The molecule has 1 aromatic heterocycles. The maximum atomic E-state index is 13.5. The van der Waals surface area contributed by atoms with Gasteiger partial charge in [-0.15, -0.1) is 0 Å². The first-order valence-electron chi connectivity index (χ1n) is 11.9. The van der Waals surface area contributed by atoms with Gasteiger partial charge in [0.25, 0.3) is 5.91 Å². The van der Waals surface area contributed by atoms with E-state index in [-0.39, 0.29) is 17.1 Å². The van der Waals surface area contributed by atoms with E-state index in [0.29, 0.717) is 47.8 Å². The number of benzene rings is 3. The molecule has 1 amide bonds. The predicted octanol–water partition coefficient (Wildman–Crippen LogP) is 5.73. The van der Waals surface area contributed by atoms with Gasteiger partial charge < -0.3 is 18.8 Å². The summed E-state index contributed by atoms with van der Waals surface area (Å²) >= 11 is 0. The summed E-state index contributed by atoms with van der Waals surface area (Å²) in [5.74, 6) is 1.03. The van der Waals surface area contributed by atoms with Crippen LogP contribution in [0.1, 0.15) is 53.6 Å². The van der Waals surface area contributed by atoms with Gasteiger partial charge in [0.05, 0.1) is 23.6 Å². The molecule has 1 atom stereocenters. The van der Waals surface area contributed by atoms with Crippen LogP contribution in [-0.4, -0.2) is 24.0 Å². The molecule has 5 rings (SSSR count). The van der Waals surface area contributed by atoms with Crippen LogP contribution >= 0.6 is 0 Å². The van der Waals surface area contributed by atoms with E-state index in [4.69, 9.17) is 13.9 Å². The third-order valence-electron chi connectivity index (χ3n) is 6.16. The molecule has 1 aliphatic rings. The lowest BCUT2D eigenvalue weighted by atomic mass is 9.98. The molecule has 6 heteroatoms. The van der Waals surface area contributed by atoms with Crippen molar-refractivity contribution in [1.29, 1.82) is 0 Å². The monoisotopic (exact) mass is 469 g/mol. The smallest absolute Gasteiger partial charge is 0.290 e. The minimum atomic E-state index is -0.555. The van der Waals surface area contributed by atoms with Gasteiger partial charge in [0.2, 0.25) is 5.76 Å². The molecule has 0 aliphatic carbocycles. The average Bonchev–Trinajstić information content (AvgIpc) is 3.16. The van der Waals surface area contributed by atoms with E-state index in [0.717, 1.165) is 17.5 Å². The van der Waals surface area contributed by atoms with Crippen molar-refractivity contribution in [3.8, 4) is 11.5 Å². The fourth-order valence-electron chi connectivity index (χ4n) is 4.60. The van der Waals surface area contributed by atoms with Crippen molar-refractivity contribution in [1.82, 2.24) is 4.90 Å². The lowest BCUT2D eigenvalue weighted by molar-refractivity contribution is 0.0728. The minimum Gasteiger partial charge on any atom is -0.490 e. The zero-order chi connectivity index (χ0) is 24.4. The maximum absolute atomic E-state index is 13.5. The minimum absolute atomic E-state index is 0.120. The Bertz CT molecular complexity index is 1430. The fourth-order valence-corrected chi connectivity index (χ4v) is 4.60. The molecule has 1 aliphatic heterocycles. The van der Waals surface area contributed by atoms with Crippen molar-refractivity contribution in [2.24, 2.45) is 0 Å². The van der Waals surface area contributed by atoms with Gasteiger partial charge in [-0.2, -0.15) is 0 Å². The van der Waals surface area contributed by atoms with E-state index in [1.807, 2.05) is 62.4 Å². The highest BCUT2D eigenvalue weighted by molar-refractivity contribution is 5.99. The van der Waals surface area contributed by atoms with Gasteiger partial charge in [0.15, 0.2) is 16.9 Å². The summed E-state index contributed by atoms with van der Waals surface area (Å²) in [5, 5.41) is 0.468. The molecule has 0 N–H and O–H groups in total. The van der Waals surface area contributed by atoms with Crippen molar-refractivity contribution >= 4 is 16.9 Å². The molecule has 0 unspecified atom stereocenters. The van der Waals surface area contributed by atoms with Crippen LogP contribution in [0.15, 0.2) is 82.0 Å². The average molecular weight is 470 g/mol. The van der Waals surface area contributed by atoms with E-state index in [1.54, 1.807) is 29.2 Å². The molecule has 4 aromatic rings. The Kier molecular flexibility index (Phi) is 6.27. The Hall–Kier alpha value is -4.06. The topological polar surface area (TPSA) is 69.0 Å². The van der Waals surface area contributed by atoms with Gasteiger partial charge in [0.1, 0.15) is 12.2 Å². The Morgan fingerprint density at radius 1 is 0.886 bits per heavy atom. The van der Waals surface area contributed by atoms with Crippen LogP contribution in [0.5, 0.6) is 11.5 Å². The van der Waals surface area contributed by atoms with Crippen LogP contribution in [-0.2, 0) is 6.61 Å². The number of amides is 1. The summed E-state index contributed by atoms with van der Waals surface area (Å²) in [6.45, 7) is 5.27. The van der Waals surface area contributed by atoms with Gasteiger partial charge in [-0.1, -0.05) is 55.5 Å². The lowest BCUT2D eigenvalue weighted by Crippen LogP contribution is -2.30. The number of para-hydroxylation sites is 1. The van der Waals surface area contributed by atoms with Gasteiger partial charge in [-0.05, 0) is 48.7 Å². The molecular weight excluding hydrogens is 442 g/mol. The molecule has 0 radical (unpaired) electrons. The maximum Gasteiger partial charge on any atom is 0.290 e. The quantitative estimate of drug-likeness (QED) is 0.330. The van der Waals surface area contributed by atoms with Gasteiger partial charge >= 0.3 is 0 Å². The second kappa shape index (κ2) is 9.66. The largest absolute Gasteiger partial charge is 0.490 e. The van der Waals surface area contributed by atoms with Crippen molar-refractivity contribution in [2.75, 3.05) is 13.2 Å². The highest BCUT2D eigenvalue weighted by atomic mass is 16.5. The van der Waals surface area contributed by atoms with E-state index < -0.39 is 6.04 Å². The van der Waals surface area contributed by atoms with Crippen LogP contribution in [0.3, 0.4) is 0 Å². The number of hydrogen-bond acceptors (Lipinski definition) is 5. The molecular formula is C29H27NO5. The summed E-state index contributed by atoms with van der Waals surface area (Å²) < 4.78 is 17.9. The fraction of sp³-hybridized carbons (Fsp3) is 0.241. The van der Waals surface area contributed by atoms with Crippen LogP contribution in [0.25, 0.3) is 11.0 Å². The molecule has 6 nitrogen and oxygen atoms in total. The number of carbonyl (C=O) groups is 1. The number of nitrogens with zero attached hydrogens (tertiary/aromatic N) is 1. The highest BCUT2D eigenvalue weighted by Gasteiger charge is 2.42. The molecule has 0 bridgehead atoms. The summed E-state index contributed by atoms with van der Waals surface area (Å²) in [6.07, 6.45) is 0.751. The van der Waals surface area contributed by atoms with E-state index in [1.165, 1.54) is 0 Å². The van der Waals surface area contributed by atoms with Crippen molar-refractivity contribution in [2.45, 2.75) is 32.9 Å². The summed E-state index contributed by atoms with van der Waals surface area (Å²) in [5.41, 5.74) is 2.45. The lowest BCUT2D eigenvalue weighted by Gasteiger charge is -2.25. The van der Waals surface area contributed by atoms with Crippen molar-refractivity contribution in [3.05, 3.63) is 105 Å². The first-order chi connectivity index (χ1) is 17.1. The Morgan fingerprint density at radius 2 is 1.66 bits per heavy atom. The van der Waals surface area contributed by atoms with Crippen molar-refractivity contribution in [3.63, 3.8) is 0 Å². The highest BCUT2D eigenvalue weighted by Crippen LogP contribution is 2.41. The second-order valence-corrected chi connectivity index (χ2v) is 8.48. The third-order valence-corrected chi connectivity index (χ3v) is 6.16. The molecule has 178 valence electrons. The molecule has 35 heavy (non-hydrogen) atoms. The summed E-state index contributed by atoms with van der Waals surface area (Å²) in [4.78, 5) is 28.6. The molecule has 0 spiro atoms. The van der Waals surface area contributed by atoms with Crippen LogP contribution < -0.4 is 14.9 Å². The number of fused-ring (bicyclic) bond motifs is 2. The first kappa shape index (κ1) is 22.7. The molecule has 0 saturated heterocycles. The van der Waals surface area contributed by atoms with E-state index >= 15 is 0 Å². The number of ether oxygens (including phenoxy) is 2. The molecule has 3 aromatic carbocycles. The van der Waals surface area contributed by atoms with Crippen LogP contribution in [0, 0.1) is 0 Å². The van der Waals surface area contributed by atoms with Gasteiger partial charge in [-0.3, -0.25) is 9.59 Å².